The molecule has 0 amide bonds. The van der Waals surface area contributed by atoms with E-state index in [9.17, 15) is 0 Å². The Labute approximate surface area is 120 Å². The molecule has 0 bridgehead atoms. The van der Waals surface area contributed by atoms with Crippen LogP contribution in [0.15, 0.2) is 33.2 Å². The Morgan fingerprint density at radius 3 is 2.44 bits per heavy atom. The molecule has 1 heterocycles. The summed E-state index contributed by atoms with van der Waals surface area (Å²) < 4.78 is 6.57. The Hall–Kier alpha value is -0.770. The van der Waals surface area contributed by atoms with Crippen LogP contribution >= 0.6 is 27.5 Å². The second-order valence-electron chi connectivity index (χ2n) is 4.26. The summed E-state index contributed by atoms with van der Waals surface area (Å²) in [7, 11) is 1.92. The summed E-state index contributed by atoms with van der Waals surface area (Å²) in [6, 6.07) is 8.02. The molecule has 0 aliphatic heterocycles. The number of rotatable bonds is 3. The zero-order valence-corrected chi connectivity index (χ0v) is 12.9. The lowest BCUT2D eigenvalue weighted by Crippen LogP contribution is -2.18. The first-order chi connectivity index (χ1) is 8.52. The van der Waals surface area contributed by atoms with E-state index < -0.39 is 0 Å². The van der Waals surface area contributed by atoms with Crippen molar-refractivity contribution in [3.8, 4) is 0 Å². The molecule has 1 aromatic heterocycles. The lowest BCUT2D eigenvalue weighted by Gasteiger charge is -2.17. The fraction of sp³-hybridized carbons (Fsp3) is 0.286. The molecule has 0 spiro atoms. The topological polar surface area (TPSA) is 25.2 Å². The summed E-state index contributed by atoms with van der Waals surface area (Å²) in [5.41, 5.74) is 2.17. The summed E-state index contributed by atoms with van der Waals surface area (Å²) >= 11 is 9.73. The first-order valence-corrected chi connectivity index (χ1v) is 6.89. The van der Waals surface area contributed by atoms with Crippen molar-refractivity contribution in [3.05, 3.63) is 56.4 Å². The highest BCUT2D eigenvalue weighted by atomic mass is 79.9. The van der Waals surface area contributed by atoms with Gasteiger partial charge in [0.1, 0.15) is 11.5 Å². The first kappa shape index (κ1) is 13.7. The van der Waals surface area contributed by atoms with E-state index in [0.29, 0.717) is 0 Å². The number of halogens is 2. The highest BCUT2D eigenvalue weighted by Gasteiger charge is 2.19. The smallest absolute Gasteiger partial charge is 0.106 e. The molecule has 0 fully saturated rings. The van der Waals surface area contributed by atoms with E-state index in [-0.39, 0.29) is 6.04 Å². The minimum Gasteiger partial charge on any atom is -0.466 e. The van der Waals surface area contributed by atoms with Crippen LogP contribution in [0.4, 0.5) is 0 Å². The van der Waals surface area contributed by atoms with Crippen molar-refractivity contribution in [3.63, 3.8) is 0 Å². The third kappa shape index (κ3) is 2.63. The quantitative estimate of drug-likeness (QED) is 0.889. The van der Waals surface area contributed by atoms with Crippen molar-refractivity contribution in [1.29, 1.82) is 0 Å². The van der Waals surface area contributed by atoms with Crippen LogP contribution in [0, 0.1) is 13.8 Å². The molecule has 0 saturated heterocycles. The van der Waals surface area contributed by atoms with E-state index in [0.717, 1.165) is 32.1 Å². The summed E-state index contributed by atoms with van der Waals surface area (Å²) in [6.07, 6.45) is 0. The molecular formula is C14H15BrClNO. The molecule has 0 radical (unpaired) electrons. The maximum absolute atomic E-state index is 6.31. The van der Waals surface area contributed by atoms with Gasteiger partial charge in [-0.3, -0.25) is 0 Å². The molecule has 96 valence electrons. The minimum atomic E-state index is 0.0445. The van der Waals surface area contributed by atoms with Crippen molar-refractivity contribution in [1.82, 2.24) is 5.32 Å². The van der Waals surface area contributed by atoms with Crippen LogP contribution in [0.1, 0.15) is 28.7 Å². The molecule has 18 heavy (non-hydrogen) atoms. The second-order valence-corrected chi connectivity index (χ2v) is 5.58. The van der Waals surface area contributed by atoms with Crippen molar-refractivity contribution in [2.75, 3.05) is 7.05 Å². The highest BCUT2D eigenvalue weighted by molar-refractivity contribution is 9.10. The van der Waals surface area contributed by atoms with Gasteiger partial charge in [-0.2, -0.15) is 0 Å². The van der Waals surface area contributed by atoms with Gasteiger partial charge < -0.3 is 9.73 Å². The molecule has 1 atom stereocenters. The van der Waals surface area contributed by atoms with Crippen molar-refractivity contribution >= 4 is 27.5 Å². The Morgan fingerprint density at radius 2 is 1.94 bits per heavy atom. The predicted octanol–water partition coefficient (Wildman–Crippen LogP) is 4.62. The molecule has 0 aliphatic carbocycles. The van der Waals surface area contributed by atoms with E-state index in [1.165, 1.54) is 0 Å². The van der Waals surface area contributed by atoms with Crippen LogP contribution in [0.3, 0.4) is 0 Å². The summed E-state index contributed by atoms with van der Waals surface area (Å²) in [6.45, 7) is 3.92. The average Bonchev–Trinajstić information content (AvgIpc) is 2.62. The van der Waals surface area contributed by atoms with Gasteiger partial charge in [0, 0.05) is 15.1 Å². The number of nitrogens with one attached hydrogen (secondary N) is 1. The normalized spacial score (nSPS) is 12.7. The van der Waals surface area contributed by atoms with Crippen LogP contribution in [0.25, 0.3) is 0 Å². The predicted molar refractivity (Wildman–Crippen MR) is 78.2 cm³/mol. The van der Waals surface area contributed by atoms with Gasteiger partial charge in [-0.15, -0.1) is 0 Å². The van der Waals surface area contributed by atoms with Gasteiger partial charge in [0.05, 0.1) is 6.04 Å². The summed E-state index contributed by atoms with van der Waals surface area (Å²) in [5, 5.41) is 4.03. The average molecular weight is 329 g/mol. The molecule has 2 nitrogen and oxygen atoms in total. The number of hydrogen-bond donors (Lipinski definition) is 1. The second kappa shape index (κ2) is 5.47. The molecule has 4 heteroatoms. The Balaban J connectivity index is 2.48. The number of hydrogen-bond acceptors (Lipinski definition) is 2. The third-order valence-electron chi connectivity index (χ3n) is 2.95. The molecule has 1 aromatic carbocycles. The van der Waals surface area contributed by atoms with Crippen LogP contribution in [0.2, 0.25) is 5.02 Å². The Bertz CT molecular complexity index is 565. The van der Waals surface area contributed by atoms with Crippen molar-refractivity contribution in [2.45, 2.75) is 19.9 Å². The van der Waals surface area contributed by atoms with Gasteiger partial charge in [0.2, 0.25) is 0 Å². The summed E-state index contributed by atoms with van der Waals surface area (Å²) in [4.78, 5) is 0. The standard InChI is InChI=1S/C14H15BrClNO/c1-8-6-12(9(2)18-8)14(17-3)11-5-4-10(15)7-13(11)16/h4-7,14,17H,1-3H3. The molecule has 1 N–H and O–H groups in total. The third-order valence-corrected chi connectivity index (χ3v) is 3.77. The lowest BCUT2D eigenvalue weighted by atomic mass is 9.99. The SMILES string of the molecule is CNC(c1ccc(Br)cc1Cl)c1cc(C)oc1C. The van der Waals surface area contributed by atoms with Gasteiger partial charge in [-0.25, -0.2) is 0 Å². The zero-order valence-electron chi connectivity index (χ0n) is 10.6. The van der Waals surface area contributed by atoms with Crippen LogP contribution < -0.4 is 5.32 Å². The molecule has 1 unspecified atom stereocenters. The van der Waals surface area contributed by atoms with Crippen LogP contribution in [0.5, 0.6) is 0 Å². The van der Waals surface area contributed by atoms with E-state index in [2.05, 4.69) is 27.3 Å². The number of benzene rings is 1. The number of aryl methyl sites for hydroxylation is 2. The molecule has 2 rings (SSSR count). The van der Waals surface area contributed by atoms with Gasteiger partial charge in [0.15, 0.2) is 0 Å². The van der Waals surface area contributed by atoms with Gasteiger partial charge in [-0.05, 0) is 44.7 Å². The van der Waals surface area contributed by atoms with Gasteiger partial charge in [-0.1, -0.05) is 33.6 Å². The maximum atomic E-state index is 6.31. The Morgan fingerprint density at radius 1 is 1.22 bits per heavy atom. The van der Waals surface area contributed by atoms with Crippen LogP contribution in [-0.2, 0) is 0 Å². The number of furan rings is 1. The molecular weight excluding hydrogens is 314 g/mol. The fourth-order valence-electron chi connectivity index (χ4n) is 2.15. The highest BCUT2D eigenvalue weighted by Crippen LogP contribution is 2.32. The van der Waals surface area contributed by atoms with Gasteiger partial charge >= 0.3 is 0 Å². The van der Waals surface area contributed by atoms with Crippen LogP contribution in [-0.4, -0.2) is 7.05 Å². The minimum absolute atomic E-state index is 0.0445. The largest absolute Gasteiger partial charge is 0.466 e. The van der Waals surface area contributed by atoms with Gasteiger partial charge in [0.25, 0.3) is 0 Å². The van der Waals surface area contributed by atoms with Crippen molar-refractivity contribution < 1.29 is 4.42 Å². The molecule has 0 saturated carbocycles. The molecule has 2 aromatic rings. The Kier molecular flexibility index (Phi) is 4.15. The summed E-state index contributed by atoms with van der Waals surface area (Å²) in [5.74, 6) is 1.84. The van der Waals surface area contributed by atoms with E-state index in [4.69, 9.17) is 16.0 Å². The monoisotopic (exact) mass is 327 g/mol. The maximum Gasteiger partial charge on any atom is 0.106 e. The fourth-order valence-corrected chi connectivity index (χ4v) is 2.93. The van der Waals surface area contributed by atoms with Crippen molar-refractivity contribution in [2.24, 2.45) is 0 Å². The first-order valence-electron chi connectivity index (χ1n) is 5.72. The lowest BCUT2D eigenvalue weighted by molar-refractivity contribution is 0.497. The van der Waals surface area contributed by atoms with E-state index >= 15 is 0 Å². The van der Waals surface area contributed by atoms with E-state index in [1.54, 1.807) is 0 Å². The molecule has 0 aliphatic rings. The zero-order chi connectivity index (χ0) is 13.3. The van der Waals surface area contributed by atoms with E-state index in [1.807, 2.05) is 39.1 Å².